The minimum atomic E-state index is -0.310. The van der Waals surface area contributed by atoms with E-state index in [1.807, 2.05) is 6.08 Å². The molecule has 1 aliphatic heterocycles. The van der Waals surface area contributed by atoms with E-state index in [9.17, 15) is 9.59 Å². The van der Waals surface area contributed by atoms with Gasteiger partial charge < -0.3 is 4.74 Å². The molecule has 2 fully saturated rings. The van der Waals surface area contributed by atoms with E-state index >= 15 is 0 Å². The molecule has 0 aromatic rings. The van der Waals surface area contributed by atoms with Crippen molar-refractivity contribution in [1.82, 2.24) is 0 Å². The first-order valence-electron chi connectivity index (χ1n) is 5.80. The van der Waals surface area contributed by atoms with Gasteiger partial charge in [-0.15, -0.1) is 0 Å². The van der Waals surface area contributed by atoms with Gasteiger partial charge >= 0.3 is 5.97 Å². The average molecular weight is 218 g/mol. The fourth-order valence-electron chi connectivity index (χ4n) is 3.21. The Morgan fingerprint density at radius 1 is 1.31 bits per heavy atom. The van der Waals surface area contributed by atoms with Crippen LogP contribution in [0.25, 0.3) is 0 Å². The SMILES string of the molecule is C=C1C(=O)O[C@H]2C3C(=O)C=C[C@H]3CCC[C@@H]12. The molecule has 2 aliphatic carbocycles. The topological polar surface area (TPSA) is 43.4 Å². The van der Waals surface area contributed by atoms with Crippen molar-refractivity contribution in [3.05, 3.63) is 24.3 Å². The number of hydrogen-bond donors (Lipinski definition) is 0. The van der Waals surface area contributed by atoms with E-state index in [1.165, 1.54) is 0 Å². The Kier molecular flexibility index (Phi) is 2.03. The lowest BCUT2D eigenvalue weighted by Crippen LogP contribution is -2.32. The van der Waals surface area contributed by atoms with E-state index in [4.69, 9.17) is 4.74 Å². The minimum absolute atomic E-state index is 0.0614. The monoisotopic (exact) mass is 218 g/mol. The number of carbonyl (C=O) groups excluding carboxylic acids is 2. The van der Waals surface area contributed by atoms with Crippen LogP contribution in [0.15, 0.2) is 24.3 Å². The van der Waals surface area contributed by atoms with Crippen LogP contribution in [0.2, 0.25) is 0 Å². The minimum Gasteiger partial charge on any atom is -0.458 e. The second-order valence-corrected chi connectivity index (χ2v) is 4.88. The second-order valence-electron chi connectivity index (χ2n) is 4.88. The number of carbonyl (C=O) groups is 2. The zero-order valence-electron chi connectivity index (χ0n) is 9.02. The molecule has 3 heteroatoms. The van der Waals surface area contributed by atoms with Gasteiger partial charge in [-0.2, -0.15) is 0 Å². The van der Waals surface area contributed by atoms with Gasteiger partial charge in [0, 0.05) is 11.5 Å². The van der Waals surface area contributed by atoms with E-state index in [1.54, 1.807) is 6.08 Å². The third kappa shape index (κ3) is 1.20. The van der Waals surface area contributed by atoms with Gasteiger partial charge in [0.15, 0.2) is 5.78 Å². The normalized spacial score (nSPS) is 41.6. The predicted octanol–water partition coefficient (Wildman–Crippen LogP) is 1.64. The third-order valence-electron chi connectivity index (χ3n) is 4.05. The maximum absolute atomic E-state index is 11.8. The maximum atomic E-state index is 11.8. The molecule has 1 unspecified atom stereocenters. The molecule has 1 saturated carbocycles. The zero-order chi connectivity index (χ0) is 11.3. The molecule has 0 bridgehead atoms. The Bertz CT molecular complexity index is 407. The summed E-state index contributed by atoms with van der Waals surface area (Å²) in [6, 6.07) is 0. The van der Waals surface area contributed by atoms with Crippen molar-refractivity contribution in [2.24, 2.45) is 17.8 Å². The summed E-state index contributed by atoms with van der Waals surface area (Å²) in [5.41, 5.74) is 0.561. The van der Waals surface area contributed by atoms with Crippen LogP contribution in [0, 0.1) is 17.8 Å². The summed E-state index contributed by atoms with van der Waals surface area (Å²) in [6.45, 7) is 3.79. The maximum Gasteiger partial charge on any atom is 0.334 e. The van der Waals surface area contributed by atoms with Crippen LogP contribution < -0.4 is 0 Å². The number of fused-ring (bicyclic) bond motifs is 3. The van der Waals surface area contributed by atoms with Crippen molar-refractivity contribution >= 4 is 11.8 Å². The molecular weight excluding hydrogens is 204 g/mol. The largest absolute Gasteiger partial charge is 0.458 e. The molecule has 0 aromatic heterocycles. The Morgan fingerprint density at radius 3 is 2.94 bits per heavy atom. The average Bonchev–Trinajstić information content (AvgIpc) is 2.67. The van der Waals surface area contributed by atoms with Gasteiger partial charge in [-0.05, 0) is 24.8 Å². The molecule has 4 atom stereocenters. The number of hydrogen-bond acceptors (Lipinski definition) is 3. The molecule has 84 valence electrons. The molecule has 1 saturated heterocycles. The number of esters is 1. The van der Waals surface area contributed by atoms with E-state index in [0.29, 0.717) is 5.57 Å². The van der Waals surface area contributed by atoms with Crippen LogP contribution >= 0.6 is 0 Å². The van der Waals surface area contributed by atoms with Crippen LogP contribution in [0.3, 0.4) is 0 Å². The summed E-state index contributed by atoms with van der Waals surface area (Å²) in [5, 5.41) is 0. The highest BCUT2D eigenvalue weighted by Crippen LogP contribution is 2.44. The first-order valence-corrected chi connectivity index (χ1v) is 5.80. The lowest BCUT2D eigenvalue weighted by molar-refractivity contribution is -0.143. The van der Waals surface area contributed by atoms with Crippen LogP contribution in [-0.2, 0) is 14.3 Å². The number of rotatable bonds is 0. The van der Waals surface area contributed by atoms with Gasteiger partial charge in [0.2, 0.25) is 0 Å². The number of allylic oxidation sites excluding steroid dienone is 2. The second kappa shape index (κ2) is 3.30. The van der Waals surface area contributed by atoms with Crippen molar-refractivity contribution < 1.29 is 14.3 Å². The summed E-state index contributed by atoms with van der Waals surface area (Å²) < 4.78 is 5.34. The van der Waals surface area contributed by atoms with E-state index in [-0.39, 0.29) is 35.6 Å². The Hall–Kier alpha value is -1.38. The fraction of sp³-hybridized carbons (Fsp3) is 0.538. The summed E-state index contributed by atoms with van der Waals surface area (Å²) >= 11 is 0. The van der Waals surface area contributed by atoms with Crippen LogP contribution in [-0.4, -0.2) is 17.9 Å². The van der Waals surface area contributed by atoms with Gasteiger partial charge in [0.25, 0.3) is 0 Å². The molecule has 0 amide bonds. The highest BCUT2D eigenvalue weighted by atomic mass is 16.6. The van der Waals surface area contributed by atoms with Crippen LogP contribution in [0.5, 0.6) is 0 Å². The lowest BCUT2D eigenvalue weighted by Gasteiger charge is -2.23. The van der Waals surface area contributed by atoms with Gasteiger partial charge in [-0.3, -0.25) is 4.79 Å². The van der Waals surface area contributed by atoms with Gasteiger partial charge in [0.1, 0.15) is 6.10 Å². The molecule has 3 rings (SSSR count). The standard InChI is InChI=1S/C13H14O3/c1-7-9-4-2-3-8-5-6-10(14)11(8)12(9)16-13(7)15/h5-6,8-9,11-12H,1-4H2/t8-,9+,11?,12-/m1/s1. The highest BCUT2D eigenvalue weighted by Gasteiger charge is 2.50. The van der Waals surface area contributed by atoms with Crippen molar-refractivity contribution in [3.63, 3.8) is 0 Å². The van der Waals surface area contributed by atoms with Crippen molar-refractivity contribution in [1.29, 1.82) is 0 Å². The van der Waals surface area contributed by atoms with Crippen molar-refractivity contribution in [3.8, 4) is 0 Å². The Morgan fingerprint density at radius 2 is 2.12 bits per heavy atom. The fourth-order valence-corrected chi connectivity index (χ4v) is 3.21. The quantitative estimate of drug-likeness (QED) is 0.458. The molecule has 3 nitrogen and oxygen atoms in total. The molecule has 0 radical (unpaired) electrons. The molecular formula is C13H14O3. The van der Waals surface area contributed by atoms with E-state index in [2.05, 4.69) is 6.58 Å². The third-order valence-corrected chi connectivity index (χ3v) is 4.05. The van der Waals surface area contributed by atoms with Crippen LogP contribution in [0.1, 0.15) is 19.3 Å². The Labute approximate surface area is 94.2 Å². The van der Waals surface area contributed by atoms with Gasteiger partial charge in [-0.1, -0.05) is 19.1 Å². The van der Waals surface area contributed by atoms with E-state index < -0.39 is 0 Å². The molecule has 0 aromatic carbocycles. The number of ether oxygens (including phenoxy) is 1. The Balaban J connectivity index is 1.97. The first-order chi connectivity index (χ1) is 7.68. The summed E-state index contributed by atoms with van der Waals surface area (Å²) in [4.78, 5) is 23.3. The van der Waals surface area contributed by atoms with Crippen molar-refractivity contribution in [2.75, 3.05) is 0 Å². The molecule has 3 aliphatic rings. The first kappa shape index (κ1) is 9.82. The summed E-state index contributed by atoms with van der Waals surface area (Å²) in [7, 11) is 0. The summed E-state index contributed by atoms with van der Waals surface area (Å²) in [5.74, 6) is -0.0111. The van der Waals surface area contributed by atoms with Crippen LogP contribution in [0.4, 0.5) is 0 Å². The smallest absolute Gasteiger partial charge is 0.334 e. The molecule has 0 spiro atoms. The zero-order valence-corrected chi connectivity index (χ0v) is 9.02. The summed E-state index contributed by atoms with van der Waals surface area (Å²) in [6.07, 6.45) is 6.34. The predicted molar refractivity (Wildman–Crippen MR) is 57.5 cm³/mol. The highest BCUT2D eigenvalue weighted by molar-refractivity contribution is 5.97. The molecule has 16 heavy (non-hydrogen) atoms. The lowest BCUT2D eigenvalue weighted by atomic mass is 9.83. The molecule has 0 N–H and O–H groups in total. The van der Waals surface area contributed by atoms with Gasteiger partial charge in [0.05, 0.1) is 5.92 Å². The number of ketones is 1. The molecule has 1 heterocycles. The van der Waals surface area contributed by atoms with Crippen molar-refractivity contribution in [2.45, 2.75) is 25.4 Å². The van der Waals surface area contributed by atoms with E-state index in [0.717, 1.165) is 19.3 Å². The van der Waals surface area contributed by atoms with Gasteiger partial charge in [-0.25, -0.2) is 4.79 Å².